The van der Waals surface area contributed by atoms with E-state index in [2.05, 4.69) is 0 Å². The summed E-state index contributed by atoms with van der Waals surface area (Å²) in [6, 6.07) is 0. The third-order valence-corrected chi connectivity index (χ3v) is 0.471. The van der Waals surface area contributed by atoms with E-state index >= 15 is 0 Å². The van der Waals surface area contributed by atoms with Crippen LogP contribution >= 0.6 is 37.2 Å². The Morgan fingerprint density at radius 3 is 1.25 bits per heavy atom. The van der Waals surface area contributed by atoms with Gasteiger partial charge in [-0.3, -0.25) is 0 Å². The average Bonchev–Trinajstić information content (AvgIpc) is 1.38. The van der Waals surface area contributed by atoms with E-state index in [9.17, 15) is 0 Å². The molecule has 2 nitrogen and oxygen atoms in total. The monoisotopic (exact) mass is 182 g/mol. The van der Waals surface area contributed by atoms with Crippen LogP contribution in [0.2, 0.25) is 0 Å². The summed E-state index contributed by atoms with van der Waals surface area (Å²) in [4.78, 5) is 0. The summed E-state index contributed by atoms with van der Waals surface area (Å²) >= 11 is 0. The largest absolute Gasteiger partial charge is 0.316 e. The van der Waals surface area contributed by atoms with Gasteiger partial charge in [0.15, 0.2) is 0 Å². The summed E-state index contributed by atoms with van der Waals surface area (Å²) in [5, 5.41) is 0. The van der Waals surface area contributed by atoms with Crippen LogP contribution in [0, 0.1) is 0 Å². The fraction of sp³-hybridized carbons (Fsp3) is 1.00. The second-order valence-electron chi connectivity index (χ2n) is 1.07. The maximum Gasteiger partial charge on any atom is 0.0518 e. The summed E-state index contributed by atoms with van der Waals surface area (Å²) in [7, 11) is 0. The Bertz CT molecular complexity index is 26.5. The van der Waals surface area contributed by atoms with Gasteiger partial charge in [-0.2, -0.15) is 0 Å². The van der Waals surface area contributed by atoms with Crippen LogP contribution in [0.4, 0.5) is 0 Å². The molecule has 0 aromatic heterocycles. The fourth-order valence-corrected chi connectivity index (χ4v) is 0. The molecule has 5 heteroatoms. The van der Waals surface area contributed by atoms with Crippen molar-refractivity contribution in [2.24, 2.45) is 11.5 Å². The van der Waals surface area contributed by atoms with E-state index in [4.69, 9.17) is 11.5 Å². The standard InChI is InChI=1S/C3H10N2.3ClH/c1-2-3(4)5;;;/h3H,2,4-5H2,1H3;3*1H. The lowest BCUT2D eigenvalue weighted by Crippen LogP contribution is -2.28. The summed E-state index contributed by atoms with van der Waals surface area (Å²) in [5.41, 5.74) is 10.1. The molecule has 0 radical (unpaired) electrons. The van der Waals surface area contributed by atoms with Crippen LogP contribution in [0.25, 0.3) is 0 Å². The van der Waals surface area contributed by atoms with Gasteiger partial charge in [0, 0.05) is 0 Å². The lowest BCUT2D eigenvalue weighted by atomic mass is 10.4. The van der Waals surface area contributed by atoms with Crippen LogP contribution in [0.5, 0.6) is 0 Å². The van der Waals surface area contributed by atoms with E-state index in [1.54, 1.807) is 0 Å². The molecule has 56 valence electrons. The second-order valence-corrected chi connectivity index (χ2v) is 1.07. The van der Waals surface area contributed by atoms with Crippen LogP contribution in [0.15, 0.2) is 0 Å². The molecule has 0 heterocycles. The van der Waals surface area contributed by atoms with Gasteiger partial charge >= 0.3 is 0 Å². The van der Waals surface area contributed by atoms with Crippen molar-refractivity contribution in [3.05, 3.63) is 0 Å². The average molecular weight is 184 g/mol. The van der Waals surface area contributed by atoms with Crippen LogP contribution in [-0.4, -0.2) is 6.17 Å². The highest BCUT2D eigenvalue weighted by Gasteiger charge is 1.79. The lowest BCUT2D eigenvalue weighted by molar-refractivity contribution is 0.682. The molecule has 0 fully saturated rings. The van der Waals surface area contributed by atoms with Gasteiger partial charge in [0.25, 0.3) is 0 Å². The van der Waals surface area contributed by atoms with Crippen molar-refractivity contribution in [3.8, 4) is 0 Å². The van der Waals surface area contributed by atoms with Gasteiger partial charge < -0.3 is 11.5 Å². The molecule has 8 heavy (non-hydrogen) atoms. The summed E-state index contributed by atoms with van der Waals surface area (Å²) < 4.78 is 0. The van der Waals surface area contributed by atoms with E-state index in [0.29, 0.717) is 0 Å². The molecule has 0 aromatic rings. The molecule has 0 rings (SSSR count). The van der Waals surface area contributed by atoms with Crippen LogP contribution < -0.4 is 11.5 Å². The van der Waals surface area contributed by atoms with Crippen molar-refractivity contribution in [3.63, 3.8) is 0 Å². The van der Waals surface area contributed by atoms with Gasteiger partial charge in [-0.1, -0.05) is 6.92 Å². The van der Waals surface area contributed by atoms with Crippen LogP contribution in [-0.2, 0) is 0 Å². The predicted molar refractivity (Wildman–Crippen MR) is 44.2 cm³/mol. The molecule has 0 aliphatic carbocycles. The minimum atomic E-state index is -0.116. The van der Waals surface area contributed by atoms with Gasteiger partial charge in [0.05, 0.1) is 6.17 Å². The van der Waals surface area contributed by atoms with Gasteiger partial charge in [-0.05, 0) is 6.42 Å². The normalized spacial score (nSPS) is 6.00. The maximum absolute atomic E-state index is 5.07. The van der Waals surface area contributed by atoms with Crippen LogP contribution in [0.3, 0.4) is 0 Å². The molecule has 0 unspecified atom stereocenters. The molecule has 0 saturated carbocycles. The predicted octanol–water partition coefficient (Wildman–Crippen LogP) is 0.905. The summed E-state index contributed by atoms with van der Waals surface area (Å²) in [6.45, 7) is 1.95. The van der Waals surface area contributed by atoms with E-state index in [1.165, 1.54) is 0 Å². The number of hydrogen-bond acceptors (Lipinski definition) is 2. The first-order valence-electron chi connectivity index (χ1n) is 1.78. The molecule has 0 amide bonds. The second kappa shape index (κ2) is 15.7. The lowest BCUT2D eigenvalue weighted by Gasteiger charge is -1.92. The van der Waals surface area contributed by atoms with Crippen molar-refractivity contribution in [1.82, 2.24) is 0 Å². The first-order valence-corrected chi connectivity index (χ1v) is 1.78. The minimum Gasteiger partial charge on any atom is -0.316 e. The number of nitrogens with two attached hydrogens (primary N) is 2. The third kappa shape index (κ3) is 29.2. The first kappa shape index (κ1) is 23.2. The molecule has 4 N–H and O–H groups in total. The van der Waals surface area contributed by atoms with E-state index < -0.39 is 0 Å². The Balaban J connectivity index is -0.0000000267. The summed E-state index contributed by atoms with van der Waals surface area (Å²) in [5.74, 6) is 0. The summed E-state index contributed by atoms with van der Waals surface area (Å²) in [6.07, 6.45) is 0.745. The highest BCUT2D eigenvalue weighted by molar-refractivity contribution is 5.86. The third-order valence-electron chi connectivity index (χ3n) is 0.471. The molecule has 0 aliphatic rings. The van der Waals surface area contributed by atoms with Crippen molar-refractivity contribution >= 4 is 37.2 Å². The minimum absolute atomic E-state index is 0. The first-order chi connectivity index (χ1) is 2.27. The Kier molecular flexibility index (Phi) is 45.5. The Morgan fingerprint density at radius 2 is 1.25 bits per heavy atom. The van der Waals surface area contributed by atoms with Gasteiger partial charge in [0.2, 0.25) is 0 Å². The quantitative estimate of drug-likeness (QED) is 0.594. The number of rotatable bonds is 1. The van der Waals surface area contributed by atoms with Gasteiger partial charge in [-0.25, -0.2) is 0 Å². The van der Waals surface area contributed by atoms with E-state index in [1.807, 2.05) is 6.92 Å². The molecular formula is C3H13Cl3N2. The number of halogens is 3. The molecular weight excluding hydrogens is 170 g/mol. The van der Waals surface area contributed by atoms with E-state index in [-0.39, 0.29) is 43.4 Å². The topological polar surface area (TPSA) is 52.0 Å². The van der Waals surface area contributed by atoms with Crippen molar-refractivity contribution in [2.45, 2.75) is 19.5 Å². The SMILES string of the molecule is CCC(N)N.Cl.Cl.Cl. The zero-order valence-electron chi connectivity index (χ0n) is 4.66. The van der Waals surface area contributed by atoms with Crippen molar-refractivity contribution < 1.29 is 0 Å². The molecule has 0 bridgehead atoms. The molecule has 0 atom stereocenters. The zero-order valence-corrected chi connectivity index (χ0v) is 7.11. The smallest absolute Gasteiger partial charge is 0.0518 e. The van der Waals surface area contributed by atoms with Gasteiger partial charge in [-0.15, -0.1) is 37.2 Å². The Morgan fingerprint density at radius 1 is 1.12 bits per heavy atom. The zero-order chi connectivity index (χ0) is 4.28. The van der Waals surface area contributed by atoms with Gasteiger partial charge in [0.1, 0.15) is 0 Å². The van der Waals surface area contributed by atoms with Crippen LogP contribution in [0.1, 0.15) is 13.3 Å². The molecule has 0 spiro atoms. The highest BCUT2D eigenvalue weighted by atomic mass is 35.5. The molecule has 0 saturated heterocycles. The molecule has 0 aliphatic heterocycles. The highest BCUT2D eigenvalue weighted by Crippen LogP contribution is 1.68. The van der Waals surface area contributed by atoms with E-state index in [0.717, 1.165) is 6.42 Å². The van der Waals surface area contributed by atoms with Crippen molar-refractivity contribution in [2.75, 3.05) is 0 Å². The number of hydrogen-bond donors (Lipinski definition) is 2. The molecule has 0 aromatic carbocycles. The Labute approximate surface area is 68.6 Å². The maximum atomic E-state index is 5.07. The Hall–Kier alpha value is 0.790. The van der Waals surface area contributed by atoms with Crippen molar-refractivity contribution in [1.29, 1.82) is 0 Å². The fourth-order valence-electron chi connectivity index (χ4n) is 0.